The lowest BCUT2D eigenvalue weighted by Gasteiger charge is -2.35. The molecule has 4 nitrogen and oxygen atoms in total. The summed E-state index contributed by atoms with van der Waals surface area (Å²) in [4.78, 5) is 0. The Morgan fingerprint density at radius 3 is 3.00 bits per heavy atom. The van der Waals surface area contributed by atoms with E-state index in [4.69, 9.17) is 0 Å². The van der Waals surface area contributed by atoms with E-state index in [9.17, 15) is 5.26 Å². The van der Waals surface area contributed by atoms with Gasteiger partial charge in [0.2, 0.25) is 0 Å². The molecule has 2 N–H and O–H groups in total. The maximum absolute atomic E-state index is 9.21. The molecule has 2 aliphatic heterocycles. The van der Waals surface area contributed by atoms with E-state index < -0.39 is 0 Å². The normalized spacial score (nSPS) is 24.9. The molecule has 0 radical (unpaired) electrons. The molecule has 19 heavy (non-hydrogen) atoms. The summed E-state index contributed by atoms with van der Waals surface area (Å²) in [5.41, 5.74) is 5.86. The Bertz CT molecular complexity index is 688. The molecule has 0 bridgehead atoms. The van der Waals surface area contributed by atoms with E-state index in [0.717, 1.165) is 6.54 Å². The lowest BCUT2D eigenvalue weighted by Crippen LogP contribution is -2.51. The van der Waals surface area contributed by atoms with Crippen molar-refractivity contribution in [2.24, 2.45) is 5.92 Å². The van der Waals surface area contributed by atoms with Gasteiger partial charge in [0.25, 0.3) is 0 Å². The fraction of sp³-hybridized carbons (Fsp3) is 0.267. The molecule has 4 heteroatoms. The van der Waals surface area contributed by atoms with Gasteiger partial charge in [-0.1, -0.05) is 36.4 Å². The van der Waals surface area contributed by atoms with Crippen molar-refractivity contribution in [3.8, 4) is 6.07 Å². The van der Waals surface area contributed by atoms with Gasteiger partial charge < -0.3 is 0 Å². The summed E-state index contributed by atoms with van der Waals surface area (Å²) in [6.07, 6.45) is 0.0725. The van der Waals surface area contributed by atoms with Crippen molar-refractivity contribution >= 4 is 16.5 Å². The molecule has 2 atom stereocenters. The number of nitrogens with zero attached hydrogens (tertiary/aromatic N) is 2. The smallest absolute Gasteiger partial charge is 0.112 e. The zero-order chi connectivity index (χ0) is 12.8. The monoisotopic (exact) mass is 250 g/mol. The molecule has 1 saturated heterocycles. The summed E-state index contributed by atoms with van der Waals surface area (Å²) in [5.74, 6) is -0.00730. The van der Waals surface area contributed by atoms with E-state index in [1.807, 2.05) is 0 Å². The van der Waals surface area contributed by atoms with Crippen LogP contribution in [0.4, 0.5) is 5.69 Å². The Hall–Kier alpha value is -2.09. The summed E-state index contributed by atoms with van der Waals surface area (Å²) in [7, 11) is 0. The van der Waals surface area contributed by atoms with Gasteiger partial charge in [0.05, 0.1) is 17.7 Å². The number of hydrazine groups is 1. The predicted molar refractivity (Wildman–Crippen MR) is 74.2 cm³/mol. The van der Waals surface area contributed by atoms with Crippen LogP contribution < -0.4 is 15.8 Å². The van der Waals surface area contributed by atoms with Crippen LogP contribution in [0.1, 0.15) is 5.56 Å². The zero-order valence-electron chi connectivity index (χ0n) is 10.4. The van der Waals surface area contributed by atoms with Crippen molar-refractivity contribution in [1.29, 1.82) is 5.26 Å². The molecule has 2 unspecified atom stereocenters. The van der Waals surface area contributed by atoms with Crippen molar-refractivity contribution in [2.75, 3.05) is 11.6 Å². The number of nitriles is 1. The quantitative estimate of drug-likeness (QED) is 0.747. The molecule has 0 saturated carbocycles. The van der Waals surface area contributed by atoms with Gasteiger partial charge in [-0.25, -0.2) is 5.43 Å². The van der Waals surface area contributed by atoms with E-state index in [0.29, 0.717) is 6.54 Å². The molecular formula is C15H14N4. The van der Waals surface area contributed by atoms with Gasteiger partial charge in [0.15, 0.2) is 0 Å². The molecule has 0 aromatic heterocycles. The average Bonchev–Trinajstić information content (AvgIpc) is 2.89. The maximum atomic E-state index is 9.21. The van der Waals surface area contributed by atoms with Crippen molar-refractivity contribution < 1.29 is 0 Å². The third-order valence-corrected chi connectivity index (χ3v) is 4.03. The molecular weight excluding hydrogens is 236 g/mol. The Balaban J connectivity index is 1.93. The Labute approximate surface area is 111 Å². The van der Waals surface area contributed by atoms with Crippen molar-refractivity contribution in [2.45, 2.75) is 12.7 Å². The Kier molecular flexibility index (Phi) is 2.25. The van der Waals surface area contributed by atoms with E-state index in [2.05, 4.69) is 58.2 Å². The van der Waals surface area contributed by atoms with Crippen molar-refractivity contribution in [1.82, 2.24) is 10.7 Å². The molecule has 2 aromatic carbocycles. The summed E-state index contributed by atoms with van der Waals surface area (Å²) in [5, 5.41) is 17.3. The molecule has 1 fully saturated rings. The maximum Gasteiger partial charge on any atom is 0.112 e. The molecule has 2 aliphatic rings. The SMILES string of the molecule is N#CC1CNN2c3c(ccc4ccccc34)CNC12. The third kappa shape index (κ3) is 1.46. The predicted octanol–water partition coefficient (Wildman–Crippen LogP) is 1.73. The van der Waals surface area contributed by atoms with E-state index in [-0.39, 0.29) is 12.1 Å². The van der Waals surface area contributed by atoms with Crippen LogP contribution in [0.3, 0.4) is 0 Å². The van der Waals surface area contributed by atoms with Gasteiger partial charge in [-0.05, 0) is 10.9 Å². The number of nitrogens with one attached hydrogen (secondary N) is 2. The van der Waals surface area contributed by atoms with Gasteiger partial charge in [-0.15, -0.1) is 0 Å². The minimum atomic E-state index is -0.00730. The third-order valence-electron chi connectivity index (χ3n) is 4.03. The number of hydrogen-bond acceptors (Lipinski definition) is 4. The van der Waals surface area contributed by atoms with Crippen LogP contribution in [-0.4, -0.2) is 12.7 Å². The van der Waals surface area contributed by atoms with E-state index >= 15 is 0 Å². The minimum absolute atomic E-state index is 0.00730. The zero-order valence-corrected chi connectivity index (χ0v) is 10.4. The highest BCUT2D eigenvalue weighted by Crippen LogP contribution is 2.36. The summed E-state index contributed by atoms with van der Waals surface area (Å²) < 4.78 is 0. The van der Waals surface area contributed by atoms with Crippen LogP contribution in [0, 0.1) is 17.2 Å². The average molecular weight is 250 g/mol. The van der Waals surface area contributed by atoms with Crippen LogP contribution >= 0.6 is 0 Å². The lowest BCUT2D eigenvalue weighted by molar-refractivity contribution is 0.451. The highest BCUT2D eigenvalue weighted by molar-refractivity contribution is 5.96. The van der Waals surface area contributed by atoms with Crippen LogP contribution in [0.25, 0.3) is 10.8 Å². The second-order valence-electron chi connectivity index (χ2n) is 5.09. The summed E-state index contributed by atoms with van der Waals surface area (Å²) >= 11 is 0. The number of fused-ring (bicyclic) bond motifs is 5. The van der Waals surface area contributed by atoms with Gasteiger partial charge >= 0.3 is 0 Å². The number of rotatable bonds is 0. The van der Waals surface area contributed by atoms with Crippen LogP contribution in [-0.2, 0) is 6.54 Å². The van der Waals surface area contributed by atoms with Gasteiger partial charge in [0, 0.05) is 18.5 Å². The standard InChI is InChI=1S/C15H14N4/c16-7-12-9-18-19-14-11(8-17-15(12)19)6-5-10-3-1-2-4-13(10)14/h1-6,12,15,17-18H,8-9H2. The molecule has 94 valence electrons. The first-order valence-electron chi connectivity index (χ1n) is 6.55. The fourth-order valence-corrected chi connectivity index (χ4v) is 3.10. The summed E-state index contributed by atoms with van der Waals surface area (Å²) in [6.45, 7) is 1.53. The first-order valence-corrected chi connectivity index (χ1v) is 6.55. The first kappa shape index (κ1) is 10.8. The molecule has 4 rings (SSSR count). The highest BCUT2D eigenvalue weighted by atomic mass is 15.6. The highest BCUT2D eigenvalue weighted by Gasteiger charge is 2.38. The summed E-state index contributed by atoms with van der Waals surface area (Å²) in [6, 6.07) is 15.1. The Morgan fingerprint density at radius 2 is 2.11 bits per heavy atom. The molecule has 0 amide bonds. The molecule has 2 heterocycles. The number of benzene rings is 2. The van der Waals surface area contributed by atoms with E-state index in [1.165, 1.54) is 22.0 Å². The van der Waals surface area contributed by atoms with Gasteiger partial charge in [-0.3, -0.25) is 10.3 Å². The van der Waals surface area contributed by atoms with Crippen molar-refractivity contribution in [3.05, 3.63) is 42.0 Å². The molecule has 0 spiro atoms. The van der Waals surface area contributed by atoms with E-state index in [1.54, 1.807) is 0 Å². The first-order chi connectivity index (χ1) is 9.38. The van der Waals surface area contributed by atoms with Gasteiger partial charge in [0.1, 0.15) is 6.17 Å². The minimum Gasteiger partial charge on any atom is -0.291 e. The van der Waals surface area contributed by atoms with Crippen LogP contribution in [0.5, 0.6) is 0 Å². The fourth-order valence-electron chi connectivity index (χ4n) is 3.10. The van der Waals surface area contributed by atoms with Crippen LogP contribution in [0.2, 0.25) is 0 Å². The van der Waals surface area contributed by atoms with Crippen LogP contribution in [0.15, 0.2) is 36.4 Å². The number of hydrogen-bond donors (Lipinski definition) is 2. The second-order valence-corrected chi connectivity index (χ2v) is 5.09. The van der Waals surface area contributed by atoms with Crippen molar-refractivity contribution in [3.63, 3.8) is 0 Å². The molecule has 0 aliphatic carbocycles. The Morgan fingerprint density at radius 1 is 1.21 bits per heavy atom. The lowest BCUT2D eigenvalue weighted by atomic mass is 9.99. The number of anilines is 1. The van der Waals surface area contributed by atoms with Gasteiger partial charge in [-0.2, -0.15) is 5.26 Å². The second kappa shape index (κ2) is 3.95. The largest absolute Gasteiger partial charge is 0.291 e. The molecule has 2 aromatic rings. The topological polar surface area (TPSA) is 51.1 Å².